The van der Waals surface area contributed by atoms with E-state index >= 15 is 0 Å². The highest BCUT2D eigenvalue weighted by atomic mass is 35.5. The van der Waals surface area contributed by atoms with Crippen molar-refractivity contribution in [3.63, 3.8) is 0 Å². The standard InChI is InChI=1S/C20H19ClN2O2/c1-12(2)23(3)19-14-9-5-7-11-16(14)22-18(20(24)25)17(19)13-8-4-6-10-15(13)21/h4-12H,1-3H3,(H,24,25). The second kappa shape index (κ2) is 6.73. The predicted octanol–water partition coefficient (Wildman–Crippen LogP) is 5.10. The average molecular weight is 355 g/mol. The van der Waals surface area contributed by atoms with Gasteiger partial charge in [-0.05, 0) is 26.0 Å². The molecular formula is C20H19ClN2O2. The summed E-state index contributed by atoms with van der Waals surface area (Å²) in [6.07, 6.45) is 0. The third kappa shape index (κ3) is 3.05. The van der Waals surface area contributed by atoms with Gasteiger partial charge in [-0.15, -0.1) is 0 Å². The van der Waals surface area contributed by atoms with Gasteiger partial charge in [0.2, 0.25) is 0 Å². The molecule has 3 rings (SSSR count). The SMILES string of the molecule is CC(C)N(C)c1c(-c2ccccc2Cl)c(C(=O)O)nc2ccccc12. The minimum Gasteiger partial charge on any atom is -0.476 e. The Balaban J connectivity index is 2.51. The molecule has 0 spiro atoms. The van der Waals surface area contributed by atoms with Crippen molar-refractivity contribution in [1.82, 2.24) is 4.98 Å². The number of aromatic carboxylic acids is 1. The Bertz CT molecular complexity index is 954. The zero-order valence-electron chi connectivity index (χ0n) is 14.3. The number of pyridine rings is 1. The fourth-order valence-corrected chi connectivity index (χ4v) is 3.12. The first-order valence-corrected chi connectivity index (χ1v) is 8.43. The molecule has 0 aliphatic rings. The van der Waals surface area contributed by atoms with Crippen molar-refractivity contribution in [2.24, 2.45) is 0 Å². The van der Waals surface area contributed by atoms with Crippen LogP contribution in [0.1, 0.15) is 24.3 Å². The maximum Gasteiger partial charge on any atom is 0.355 e. The number of nitrogens with zero attached hydrogens (tertiary/aromatic N) is 2. The summed E-state index contributed by atoms with van der Waals surface area (Å²) in [5.41, 5.74) is 2.70. The minimum atomic E-state index is -1.07. The largest absolute Gasteiger partial charge is 0.476 e. The number of halogens is 1. The summed E-state index contributed by atoms with van der Waals surface area (Å²) < 4.78 is 0. The highest BCUT2D eigenvalue weighted by Gasteiger charge is 2.25. The fourth-order valence-electron chi connectivity index (χ4n) is 2.89. The fraction of sp³-hybridized carbons (Fsp3) is 0.200. The lowest BCUT2D eigenvalue weighted by Crippen LogP contribution is -2.27. The van der Waals surface area contributed by atoms with Gasteiger partial charge in [-0.2, -0.15) is 0 Å². The summed E-state index contributed by atoms with van der Waals surface area (Å²) in [5.74, 6) is -1.07. The van der Waals surface area contributed by atoms with E-state index < -0.39 is 5.97 Å². The average Bonchev–Trinajstić information content (AvgIpc) is 2.59. The molecule has 1 N–H and O–H groups in total. The summed E-state index contributed by atoms with van der Waals surface area (Å²) in [7, 11) is 1.96. The van der Waals surface area contributed by atoms with Crippen LogP contribution in [0.15, 0.2) is 48.5 Å². The molecule has 0 aliphatic carbocycles. The van der Waals surface area contributed by atoms with E-state index in [1.165, 1.54) is 0 Å². The highest BCUT2D eigenvalue weighted by molar-refractivity contribution is 6.34. The van der Waals surface area contributed by atoms with Crippen LogP contribution in [-0.4, -0.2) is 29.1 Å². The lowest BCUT2D eigenvalue weighted by molar-refractivity contribution is 0.0692. The monoisotopic (exact) mass is 354 g/mol. The first-order chi connectivity index (χ1) is 11.9. The number of anilines is 1. The minimum absolute atomic E-state index is 0.00861. The Morgan fingerprint density at radius 3 is 2.40 bits per heavy atom. The van der Waals surface area contributed by atoms with Crippen molar-refractivity contribution in [2.45, 2.75) is 19.9 Å². The normalized spacial score (nSPS) is 11.1. The summed E-state index contributed by atoms with van der Waals surface area (Å²) >= 11 is 6.40. The smallest absolute Gasteiger partial charge is 0.355 e. The maximum absolute atomic E-state index is 12.0. The van der Waals surface area contributed by atoms with Crippen molar-refractivity contribution in [3.8, 4) is 11.1 Å². The van der Waals surface area contributed by atoms with Crippen LogP contribution in [-0.2, 0) is 0 Å². The number of aromatic nitrogens is 1. The zero-order chi connectivity index (χ0) is 18.1. The lowest BCUT2D eigenvalue weighted by Gasteiger charge is -2.29. The molecular weight excluding hydrogens is 336 g/mol. The Morgan fingerprint density at radius 1 is 1.12 bits per heavy atom. The first kappa shape index (κ1) is 17.2. The van der Waals surface area contributed by atoms with Gasteiger partial charge in [-0.1, -0.05) is 48.0 Å². The van der Waals surface area contributed by atoms with E-state index in [0.29, 0.717) is 21.7 Å². The molecule has 0 radical (unpaired) electrons. The summed E-state index contributed by atoms with van der Waals surface area (Å²) in [4.78, 5) is 18.4. The molecule has 1 aromatic heterocycles. The maximum atomic E-state index is 12.0. The number of para-hydroxylation sites is 1. The summed E-state index contributed by atoms with van der Waals surface area (Å²) in [5, 5.41) is 11.2. The molecule has 1 heterocycles. The van der Waals surface area contributed by atoms with Gasteiger partial charge in [0.25, 0.3) is 0 Å². The molecule has 0 amide bonds. The van der Waals surface area contributed by atoms with Gasteiger partial charge in [0.15, 0.2) is 5.69 Å². The number of carboxylic acid groups (broad SMARTS) is 1. The van der Waals surface area contributed by atoms with E-state index in [1.54, 1.807) is 6.07 Å². The number of rotatable bonds is 4. The molecule has 3 aromatic rings. The molecule has 0 bridgehead atoms. The van der Waals surface area contributed by atoms with E-state index in [0.717, 1.165) is 11.1 Å². The van der Waals surface area contributed by atoms with Crippen molar-refractivity contribution in [2.75, 3.05) is 11.9 Å². The second-order valence-electron chi connectivity index (χ2n) is 6.19. The highest BCUT2D eigenvalue weighted by Crippen LogP contribution is 2.41. The Morgan fingerprint density at radius 2 is 1.76 bits per heavy atom. The van der Waals surface area contributed by atoms with Gasteiger partial charge in [0.1, 0.15) is 0 Å². The Labute approximate surface area is 151 Å². The summed E-state index contributed by atoms with van der Waals surface area (Å²) in [6.45, 7) is 4.12. The van der Waals surface area contributed by atoms with Gasteiger partial charge < -0.3 is 10.0 Å². The Kier molecular flexibility index (Phi) is 4.64. The van der Waals surface area contributed by atoms with Crippen molar-refractivity contribution >= 4 is 34.2 Å². The van der Waals surface area contributed by atoms with Crippen molar-refractivity contribution in [1.29, 1.82) is 0 Å². The topological polar surface area (TPSA) is 53.4 Å². The number of fused-ring (bicyclic) bond motifs is 1. The predicted molar refractivity (Wildman–Crippen MR) is 103 cm³/mol. The molecule has 5 heteroatoms. The van der Waals surface area contributed by atoms with Gasteiger partial charge in [-0.3, -0.25) is 0 Å². The number of carboxylic acids is 1. The molecule has 0 unspecified atom stereocenters. The third-order valence-corrected chi connectivity index (χ3v) is 4.67. The van der Waals surface area contributed by atoms with Gasteiger partial charge in [-0.25, -0.2) is 9.78 Å². The quantitative estimate of drug-likeness (QED) is 0.708. The summed E-state index contributed by atoms with van der Waals surface area (Å²) in [6, 6.07) is 15.0. The number of hydrogen-bond donors (Lipinski definition) is 1. The second-order valence-corrected chi connectivity index (χ2v) is 6.60. The first-order valence-electron chi connectivity index (χ1n) is 8.05. The van der Waals surface area contributed by atoms with Crippen LogP contribution in [0.25, 0.3) is 22.0 Å². The molecule has 128 valence electrons. The molecule has 4 nitrogen and oxygen atoms in total. The zero-order valence-corrected chi connectivity index (χ0v) is 15.1. The molecule has 0 saturated carbocycles. The van der Waals surface area contributed by atoms with E-state index in [9.17, 15) is 9.90 Å². The van der Waals surface area contributed by atoms with Crippen LogP contribution in [0.3, 0.4) is 0 Å². The van der Waals surface area contributed by atoms with Crippen LogP contribution in [0, 0.1) is 0 Å². The van der Waals surface area contributed by atoms with Crippen molar-refractivity contribution < 1.29 is 9.90 Å². The number of benzene rings is 2. The van der Waals surface area contributed by atoms with Crippen LogP contribution >= 0.6 is 11.6 Å². The molecule has 0 atom stereocenters. The number of carbonyl (C=O) groups is 1. The molecule has 0 aliphatic heterocycles. The van der Waals surface area contributed by atoms with E-state index in [1.807, 2.05) is 49.5 Å². The van der Waals surface area contributed by atoms with Crippen molar-refractivity contribution in [3.05, 3.63) is 59.2 Å². The van der Waals surface area contributed by atoms with Crippen LogP contribution < -0.4 is 4.90 Å². The third-order valence-electron chi connectivity index (χ3n) is 4.34. The van der Waals surface area contributed by atoms with Crippen LogP contribution in [0.4, 0.5) is 5.69 Å². The van der Waals surface area contributed by atoms with E-state index in [4.69, 9.17) is 11.6 Å². The molecule has 25 heavy (non-hydrogen) atoms. The lowest BCUT2D eigenvalue weighted by atomic mass is 9.97. The van der Waals surface area contributed by atoms with Gasteiger partial charge in [0, 0.05) is 34.6 Å². The van der Waals surface area contributed by atoms with Gasteiger partial charge >= 0.3 is 5.97 Å². The molecule has 2 aromatic carbocycles. The molecule has 0 fully saturated rings. The van der Waals surface area contributed by atoms with Crippen LogP contribution in [0.5, 0.6) is 0 Å². The van der Waals surface area contributed by atoms with E-state index in [2.05, 4.69) is 23.7 Å². The Hall–Kier alpha value is -2.59. The van der Waals surface area contributed by atoms with Gasteiger partial charge in [0.05, 0.1) is 11.2 Å². The molecule has 0 saturated heterocycles. The van der Waals surface area contributed by atoms with Crippen LogP contribution in [0.2, 0.25) is 5.02 Å². The van der Waals surface area contributed by atoms with E-state index in [-0.39, 0.29) is 11.7 Å². The number of hydrogen-bond acceptors (Lipinski definition) is 3.